The largest absolute Gasteiger partial charge is 0.481 e. The van der Waals surface area contributed by atoms with Crippen LogP contribution in [0.1, 0.15) is 5.56 Å². The molecule has 4 nitrogen and oxygen atoms in total. The van der Waals surface area contributed by atoms with Crippen LogP contribution in [0.25, 0.3) is 0 Å². The fourth-order valence-corrected chi connectivity index (χ4v) is 2.52. The number of amides is 1. The van der Waals surface area contributed by atoms with Gasteiger partial charge in [-0.15, -0.1) is 11.8 Å². The first kappa shape index (κ1) is 15.1. The normalized spacial score (nSPS) is 10.1. The van der Waals surface area contributed by atoms with E-state index >= 15 is 0 Å². The highest BCUT2D eigenvalue weighted by Gasteiger charge is 2.05. The van der Waals surface area contributed by atoms with Gasteiger partial charge in [-0.3, -0.25) is 9.59 Å². The van der Waals surface area contributed by atoms with Crippen molar-refractivity contribution in [1.82, 2.24) is 0 Å². The molecule has 0 saturated heterocycles. The van der Waals surface area contributed by atoms with Crippen LogP contribution >= 0.6 is 11.8 Å². The van der Waals surface area contributed by atoms with Crippen LogP contribution < -0.4 is 5.32 Å². The quantitative estimate of drug-likeness (QED) is 0.805. The van der Waals surface area contributed by atoms with Gasteiger partial charge >= 0.3 is 5.97 Å². The average Bonchev–Trinajstić information content (AvgIpc) is 2.46. The number of rotatable bonds is 6. The zero-order valence-corrected chi connectivity index (χ0v) is 12.1. The molecule has 0 spiro atoms. The second-order valence-corrected chi connectivity index (χ2v) is 5.47. The third-order valence-corrected chi connectivity index (χ3v) is 3.69. The van der Waals surface area contributed by atoms with Gasteiger partial charge in [-0.05, 0) is 29.8 Å². The molecule has 2 N–H and O–H groups in total. The number of carboxylic acids is 1. The summed E-state index contributed by atoms with van der Waals surface area (Å²) in [6.45, 7) is 0. The summed E-state index contributed by atoms with van der Waals surface area (Å²) in [6, 6.07) is 16.6. The van der Waals surface area contributed by atoms with Crippen molar-refractivity contribution in [3.63, 3.8) is 0 Å². The van der Waals surface area contributed by atoms with E-state index in [1.165, 1.54) is 11.8 Å². The molecule has 0 aliphatic rings. The molecule has 0 saturated carbocycles. The highest BCUT2D eigenvalue weighted by Crippen LogP contribution is 2.18. The van der Waals surface area contributed by atoms with E-state index in [1.807, 2.05) is 30.3 Å². The Labute approximate surface area is 127 Å². The van der Waals surface area contributed by atoms with E-state index in [2.05, 4.69) is 5.32 Å². The Bertz CT molecular complexity index is 628. The summed E-state index contributed by atoms with van der Waals surface area (Å²) >= 11 is 1.46. The summed E-state index contributed by atoms with van der Waals surface area (Å²) in [6.07, 6.45) is -0.0531. The number of hydrogen-bond donors (Lipinski definition) is 2. The van der Waals surface area contributed by atoms with Gasteiger partial charge in [0.05, 0.1) is 12.2 Å². The SMILES string of the molecule is O=C(O)Cc1cccc(NC(=O)CSc2ccccc2)c1. The Balaban J connectivity index is 1.89. The molecule has 2 aromatic rings. The number of benzene rings is 2. The number of aliphatic carboxylic acids is 1. The third kappa shape index (κ3) is 5.31. The molecule has 5 heteroatoms. The van der Waals surface area contributed by atoms with Crippen molar-refractivity contribution in [3.8, 4) is 0 Å². The fourth-order valence-electron chi connectivity index (χ4n) is 1.80. The Morgan fingerprint density at radius 2 is 1.81 bits per heavy atom. The lowest BCUT2D eigenvalue weighted by atomic mass is 10.1. The zero-order chi connectivity index (χ0) is 15.1. The number of carboxylic acid groups (broad SMARTS) is 1. The van der Waals surface area contributed by atoms with E-state index in [4.69, 9.17) is 5.11 Å². The van der Waals surface area contributed by atoms with E-state index in [0.29, 0.717) is 17.0 Å². The van der Waals surface area contributed by atoms with Gasteiger partial charge in [-0.25, -0.2) is 0 Å². The van der Waals surface area contributed by atoms with Crippen molar-refractivity contribution in [2.24, 2.45) is 0 Å². The lowest BCUT2D eigenvalue weighted by molar-refractivity contribution is -0.136. The van der Waals surface area contributed by atoms with Crippen LogP contribution in [0.4, 0.5) is 5.69 Å². The van der Waals surface area contributed by atoms with Gasteiger partial charge < -0.3 is 10.4 Å². The van der Waals surface area contributed by atoms with Crippen LogP contribution in [0, 0.1) is 0 Å². The number of hydrogen-bond acceptors (Lipinski definition) is 3. The molecule has 0 aliphatic carbocycles. The summed E-state index contributed by atoms with van der Waals surface area (Å²) < 4.78 is 0. The van der Waals surface area contributed by atoms with Crippen molar-refractivity contribution in [1.29, 1.82) is 0 Å². The fraction of sp³-hybridized carbons (Fsp3) is 0.125. The minimum Gasteiger partial charge on any atom is -0.481 e. The predicted octanol–water partition coefficient (Wildman–Crippen LogP) is 3.04. The average molecular weight is 301 g/mol. The molecule has 21 heavy (non-hydrogen) atoms. The first-order chi connectivity index (χ1) is 10.1. The molecule has 0 atom stereocenters. The molecule has 0 fully saturated rings. The molecule has 0 bridgehead atoms. The van der Waals surface area contributed by atoms with Gasteiger partial charge in [0.2, 0.25) is 5.91 Å². The molecule has 2 rings (SSSR count). The van der Waals surface area contributed by atoms with Gasteiger partial charge in [0.15, 0.2) is 0 Å². The Hall–Kier alpha value is -2.27. The van der Waals surface area contributed by atoms with Gasteiger partial charge in [0, 0.05) is 10.6 Å². The maximum absolute atomic E-state index is 11.9. The topological polar surface area (TPSA) is 66.4 Å². The Kier molecular flexibility index (Phi) is 5.40. The van der Waals surface area contributed by atoms with Crippen LogP contribution in [0.2, 0.25) is 0 Å². The van der Waals surface area contributed by atoms with Crippen molar-refractivity contribution >= 4 is 29.3 Å². The highest BCUT2D eigenvalue weighted by atomic mass is 32.2. The molecular formula is C16H15NO3S. The van der Waals surface area contributed by atoms with E-state index in [9.17, 15) is 9.59 Å². The molecule has 0 unspecified atom stereocenters. The summed E-state index contributed by atoms with van der Waals surface area (Å²) in [5, 5.41) is 11.5. The second-order valence-electron chi connectivity index (χ2n) is 4.42. The maximum atomic E-state index is 11.9. The molecular weight excluding hydrogens is 286 g/mol. The molecule has 0 aliphatic heterocycles. The first-order valence-corrected chi connectivity index (χ1v) is 7.40. The lowest BCUT2D eigenvalue weighted by Crippen LogP contribution is -2.14. The second kappa shape index (κ2) is 7.50. The molecule has 0 radical (unpaired) electrons. The number of nitrogens with one attached hydrogen (secondary N) is 1. The van der Waals surface area contributed by atoms with Crippen LogP contribution in [-0.4, -0.2) is 22.7 Å². The molecule has 108 valence electrons. The van der Waals surface area contributed by atoms with Gasteiger partial charge in [-0.2, -0.15) is 0 Å². The van der Waals surface area contributed by atoms with Crippen molar-refractivity contribution in [2.75, 3.05) is 11.1 Å². The Morgan fingerprint density at radius 3 is 2.52 bits per heavy atom. The maximum Gasteiger partial charge on any atom is 0.307 e. The van der Waals surface area contributed by atoms with E-state index < -0.39 is 5.97 Å². The smallest absolute Gasteiger partial charge is 0.307 e. The van der Waals surface area contributed by atoms with Crippen molar-refractivity contribution in [3.05, 3.63) is 60.2 Å². The highest BCUT2D eigenvalue weighted by molar-refractivity contribution is 8.00. The van der Waals surface area contributed by atoms with E-state index in [0.717, 1.165) is 4.90 Å². The van der Waals surface area contributed by atoms with Gasteiger partial charge in [0.1, 0.15) is 0 Å². The summed E-state index contributed by atoms with van der Waals surface area (Å²) in [7, 11) is 0. The minimum atomic E-state index is -0.891. The number of thioether (sulfide) groups is 1. The number of carbonyl (C=O) groups excluding carboxylic acids is 1. The Morgan fingerprint density at radius 1 is 1.05 bits per heavy atom. The summed E-state index contributed by atoms with van der Waals surface area (Å²) in [4.78, 5) is 23.6. The minimum absolute atomic E-state index is 0.0531. The van der Waals surface area contributed by atoms with Crippen molar-refractivity contribution < 1.29 is 14.7 Å². The van der Waals surface area contributed by atoms with Crippen molar-refractivity contribution in [2.45, 2.75) is 11.3 Å². The molecule has 0 aromatic heterocycles. The first-order valence-electron chi connectivity index (χ1n) is 6.42. The summed E-state index contributed by atoms with van der Waals surface area (Å²) in [5.74, 6) is -0.692. The number of carbonyl (C=O) groups is 2. The van der Waals surface area contributed by atoms with Crippen LogP contribution in [0.5, 0.6) is 0 Å². The van der Waals surface area contributed by atoms with E-state index in [1.54, 1.807) is 24.3 Å². The lowest BCUT2D eigenvalue weighted by Gasteiger charge is -2.06. The monoisotopic (exact) mass is 301 g/mol. The van der Waals surface area contributed by atoms with Gasteiger partial charge in [-0.1, -0.05) is 30.3 Å². The standard InChI is InChI=1S/C16H15NO3S/c18-15(11-21-14-7-2-1-3-8-14)17-13-6-4-5-12(9-13)10-16(19)20/h1-9H,10-11H2,(H,17,18)(H,19,20). The molecule has 2 aromatic carbocycles. The number of anilines is 1. The predicted molar refractivity (Wildman–Crippen MR) is 83.6 cm³/mol. The molecule has 0 heterocycles. The summed E-state index contributed by atoms with van der Waals surface area (Å²) in [5.41, 5.74) is 1.28. The van der Waals surface area contributed by atoms with Gasteiger partial charge in [0.25, 0.3) is 0 Å². The van der Waals surface area contributed by atoms with Crippen LogP contribution in [-0.2, 0) is 16.0 Å². The van der Waals surface area contributed by atoms with Crippen LogP contribution in [0.15, 0.2) is 59.5 Å². The molecule has 1 amide bonds. The van der Waals surface area contributed by atoms with Crippen LogP contribution in [0.3, 0.4) is 0 Å². The third-order valence-electron chi connectivity index (χ3n) is 2.68. The van der Waals surface area contributed by atoms with E-state index in [-0.39, 0.29) is 12.3 Å². The zero-order valence-electron chi connectivity index (χ0n) is 11.3.